The number of aliphatic hydroxyl groups excluding tert-OH is 1. The summed E-state index contributed by atoms with van der Waals surface area (Å²) < 4.78 is 66.6. The van der Waals surface area contributed by atoms with Gasteiger partial charge in [-0.1, -0.05) is 0 Å². The first kappa shape index (κ1) is 22.4. The predicted molar refractivity (Wildman–Crippen MR) is 107 cm³/mol. The number of rotatable bonds is 3. The topological polar surface area (TPSA) is 111 Å². The van der Waals surface area contributed by atoms with Crippen LogP contribution in [0, 0.1) is 17.5 Å². The highest BCUT2D eigenvalue weighted by atomic mass is 32.2. The molecule has 2 aromatic rings. The Hall–Kier alpha value is -2.84. The van der Waals surface area contributed by atoms with E-state index in [1.54, 1.807) is 11.6 Å². The minimum Gasteiger partial charge on any atom is -0.372 e. The van der Waals surface area contributed by atoms with E-state index in [1.165, 1.54) is 16.0 Å². The normalized spacial score (nSPS) is 21.7. The van der Waals surface area contributed by atoms with E-state index < -0.39 is 39.7 Å². The van der Waals surface area contributed by atoms with Crippen LogP contribution in [0.5, 0.6) is 0 Å². The van der Waals surface area contributed by atoms with Gasteiger partial charge in [-0.25, -0.2) is 26.4 Å². The van der Waals surface area contributed by atoms with Crippen molar-refractivity contribution in [2.24, 2.45) is 0 Å². The van der Waals surface area contributed by atoms with Crippen LogP contribution in [0.15, 0.2) is 18.3 Å². The molecule has 14 heteroatoms. The number of aromatic nitrogens is 2. The van der Waals surface area contributed by atoms with Gasteiger partial charge in [-0.05, 0) is 6.92 Å². The van der Waals surface area contributed by atoms with Gasteiger partial charge < -0.3 is 20.2 Å². The Labute approximate surface area is 181 Å². The van der Waals surface area contributed by atoms with Gasteiger partial charge in [0.15, 0.2) is 17.5 Å². The molecule has 2 aliphatic rings. The number of anilines is 2. The monoisotopic (exact) mass is 474 g/mol. The summed E-state index contributed by atoms with van der Waals surface area (Å²) in [6.45, 7) is 1.91. The average Bonchev–Trinajstić information content (AvgIpc) is 3.27. The van der Waals surface area contributed by atoms with Gasteiger partial charge in [-0.2, -0.15) is 9.40 Å². The zero-order chi connectivity index (χ0) is 23.4. The molecule has 1 saturated heterocycles. The molecule has 0 aliphatic carbocycles. The molecule has 1 aromatic carbocycles. The number of β-amino-alcohol motifs (C(OH)–C–C–N with tert-alkyl or cyclic N) is 1. The zero-order valence-electron chi connectivity index (χ0n) is 17.2. The lowest BCUT2D eigenvalue weighted by Crippen LogP contribution is -2.47. The van der Waals surface area contributed by atoms with Gasteiger partial charge >= 0.3 is 6.03 Å². The molecule has 1 aromatic heterocycles. The van der Waals surface area contributed by atoms with Gasteiger partial charge in [0.2, 0.25) is 10.0 Å². The molecule has 1 fully saturated rings. The second kappa shape index (κ2) is 7.94. The fraction of sp³-hybridized carbons (Fsp3) is 0.444. The van der Waals surface area contributed by atoms with Crippen molar-refractivity contribution >= 4 is 27.4 Å². The van der Waals surface area contributed by atoms with Crippen molar-refractivity contribution < 1.29 is 31.5 Å². The van der Waals surface area contributed by atoms with E-state index >= 15 is 0 Å². The SMILES string of the molecule is C[C@H]1Cn2ncc(N3CN(S(C)(=O)=O)CC3O)c2CN1C(=O)Nc1cc(F)c(F)c(F)c1. The number of carbonyl (C=O) groups is 1. The van der Waals surface area contributed by atoms with Gasteiger partial charge in [0.25, 0.3) is 0 Å². The van der Waals surface area contributed by atoms with Crippen LogP contribution in [-0.4, -0.2) is 70.3 Å². The molecule has 0 radical (unpaired) electrons. The maximum absolute atomic E-state index is 13.5. The van der Waals surface area contributed by atoms with Gasteiger partial charge in [0, 0.05) is 17.8 Å². The van der Waals surface area contributed by atoms with Crippen LogP contribution in [0.4, 0.5) is 29.3 Å². The average molecular weight is 474 g/mol. The van der Waals surface area contributed by atoms with Crippen molar-refractivity contribution in [3.63, 3.8) is 0 Å². The van der Waals surface area contributed by atoms with Crippen LogP contribution in [0.25, 0.3) is 0 Å². The number of amides is 2. The highest BCUT2D eigenvalue weighted by Gasteiger charge is 2.38. The molecule has 2 N–H and O–H groups in total. The van der Waals surface area contributed by atoms with E-state index in [-0.39, 0.29) is 31.5 Å². The number of aliphatic hydroxyl groups is 1. The Bertz CT molecular complexity index is 1150. The molecular weight excluding hydrogens is 453 g/mol. The summed E-state index contributed by atoms with van der Waals surface area (Å²) >= 11 is 0. The van der Waals surface area contributed by atoms with Gasteiger partial charge in [0.1, 0.15) is 6.23 Å². The molecule has 174 valence electrons. The number of benzene rings is 1. The van der Waals surface area contributed by atoms with Crippen molar-refractivity contribution in [1.29, 1.82) is 0 Å². The second-order valence-corrected chi connectivity index (χ2v) is 9.79. The predicted octanol–water partition coefficient (Wildman–Crippen LogP) is 1.09. The van der Waals surface area contributed by atoms with Crippen molar-refractivity contribution in [3.8, 4) is 0 Å². The summed E-state index contributed by atoms with van der Waals surface area (Å²) in [5.41, 5.74) is 0.785. The molecule has 2 atom stereocenters. The molecular formula is C18H21F3N6O4S. The van der Waals surface area contributed by atoms with Crippen LogP contribution in [0.1, 0.15) is 12.6 Å². The molecule has 0 spiro atoms. The van der Waals surface area contributed by atoms with E-state index in [0.29, 0.717) is 30.1 Å². The van der Waals surface area contributed by atoms with E-state index in [4.69, 9.17) is 0 Å². The largest absolute Gasteiger partial charge is 0.372 e. The van der Waals surface area contributed by atoms with Crippen molar-refractivity contribution in [1.82, 2.24) is 19.0 Å². The summed E-state index contributed by atoms with van der Waals surface area (Å²) in [6.07, 6.45) is 1.44. The fourth-order valence-corrected chi connectivity index (χ4v) is 4.54. The molecule has 10 nitrogen and oxygen atoms in total. The fourth-order valence-electron chi connectivity index (χ4n) is 3.80. The number of hydrogen-bond acceptors (Lipinski definition) is 6. The Morgan fingerprint density at radius 1 is 1.22 bits per heavy atom. The summed E-state index contributed by atoms with van der Waals surface area (Å²) in [7, 11) is -3.52. The van der Waals surface area contributed by atoms with E-state index in [9.17, 15) is 31.5 Å². The third-order valence-corrected chi connectivity index (χ3v) is 6.73. The smallest absolute Gasteiger partial charge is 0.322 e. The number of carbonyl (C=O) groups excluding carboxylic acids is 1. The molecule has 1 unspecified atom stereocenters. The third kappa shape index (κ3) is 4.00. The first-order chi connectivity index (χ1) is 15.0. The van der Waals surface area contributed by atoms with Crippen LogP contribution in [0.2, 0.25) is 0 Å². The standard InChI is InChI=1S/C18H21F3N6O4S/c1-10-6-27-15(14(5-22-27)26-9-24(8-16(26)28)32(2,30)31)7-25(10)18(29)23-11-3-12(19)17(21)13(20)4-11/h3-5,10,16,28H,6-9H2,1-2H3,(H,23,29)/t10-,16?/m0/s1. The highest BCUT2D eigenvalue weighted by Crippen LogP contribution is 2.31. The number of halogens is 3. The summed E-state index contributed by atoms with van der Waals surface area (Å²) in [5.74, 6) is -4.48. The Morgan fingerprint density at radius 3 is 2.47 bits per heavy atom. The van der Waals surface area contributed by atoms with Crippen LogP contribution in [0.3, 0.4) is 0 Å². The minimum absolute atomic E-state index is 0.0383. The Balaban J connectivity index is 1.56. The molecule has 3 heterocycles. The Kier molecular flexibility index (Phi) is 5.55. The third-order valence-electron chi connectivity index (χ3n) is 5.53. The van der Waals surface area contributed by atoms with Crippen LogP contribution >= 0.6 is 0 Å². The summed E-state index contributed by atoms with van der Waals surface area (Å²) in [6, 6.07) is 0.351. The maximum atomic E-state index is 13.5. The first-order valence-electron chi connectivity index (χ1n) is 9.62. The quantitative estimate of drug-likeness (QED) is 0.645. The number of fused-ring (bicyclic) bond motifs is 1. The lowest BCUT2D eigenvalue weighted by Gasteiger charge is -2.35. The molecule has 32 heavy (non-hydrogen) atoms. The second-order valence-electron chi connectivity index (χ2n) is 7.81. The van der Waals surface area contributed by atoms with E-state index in [1.807, 2.05) is 0 Å². The van der Waals surface area contributed by atoms with Crippen molar-refractivity contribution in [2.75, 3.05) is 29.7 Å². The summed E-state index contributed by atoms with van der Waals surface area (Å²) in [5, 5.41) is 17.0. The minimum atomic E-state index is -3.52. The summed E-state index contributed by atoms with van der Waals surface area (Å²) in [4.78, 5) is 15.7. The Morgan fingerprint density at radius 2 is 1.88 bits per heavy atom. The number of nitrogens with zero attached hydrogens (tertiary/aromatic N) is 5. The highest BCUT2D eigenvalue weighted by molar-refractivity contribution is 7.88. The van der Waals surface area contributed by atoms with Gasteiger partial charge in [-0.3, -0.25) is 4.68 Å². The first-order valence-corrected chi connectivity index (χ1v) is 11.5. The molecule has 0 saturated carbocycles. The van der Waals surface area contributed by atoms with Crippen LogP contribution in [-0.2, 0) is 23.1 Å². The van der Waals surface area contributed by atoms with Crippen LogP contribution < -0.4 is 10.2 Å². The van der Waals surface area contributed by atoms with Crippen molar-refractivity contribution in [3.05, 3.63) is 41.5 Å². The van der Waals surface area contributed by atoms with E-state index in [2.05, 4.69) is 10.4 Å². The lowest BCUT2D eigenvalue weighted by molar-refractivity contribution is 0.161. The number of sulfonamides is 1. The number of urea groups is 1. The van der Waals surface area contributed by atoms with E-state index in [0.717, 1.165) is 10.6 Å². The maximum Gasteiger partial charge on any atom is 0.322 e. The van der Waals surface area contributed by atoms with Crippen molar-refractivity contribution in [2.45, 2.75) is 32.3 Å². The molecule has 2 amide bonds. The van der Waals surface area contributed by atoms with Gasteiger partial charge in [0.05, 0.1) is 56.2 Å². The molecule has 0 bridgehead atoms. The van der Waals surface area contributed by atoms with Gasteiger partial charge in [-0.15, -0.1) is 0 Å². The lowest BCUT2D eigenvalue weighted by atomic mass is 10.2. The zero-order valence-corrected chi connectivity index (χ0v) is 18.0. The number of hydrogen-bond donors (Lipinski definition) is 2. The molecule has 2 aliphatic heterocycles. The number of nitrogens with one attached hydrogen (secondary N) is 1. The molecule has 4 rings (SSSR count).